The third-order valence-electron chi connectivity index (χ3n) is 4.09. The summed E-state index contributed by atoms with van der Waals surface area (Å²) in [5.74, 6) is -1.76. The number of aliphatic carboxylic acids is 1. The lowest BCUT2D eigenvalue weighted by Crippen LogP contribution is -2.57. The lowest BCUT2D eigenvalue weighted by atomic mass is 9.89. The van der Waals surface area contributed by atoms with Crippen LogP contribution in [0.1, 0.15) is 34.3 Å². The van der Waals surface area contributed by atoms with E-state index in [2.05, 4.69) is 5.32 Å². The maximum atomic E-state index is 12.5. The summed E-state index contributed by atoms with van der Waals surface area (Å²) in [4.78, 5) is 34.5. The lowest BCUT2D eigenvalue weighted by Gasteiger charge is -2.34. The molecule has 8 nitrogen and oxygen atoms in total. The molecule has 0 aliphatic carbocycles. The molecule has 1 aromatic rings. The molecular weight excluding hydrogens is 304 g/mol. The molecule has 1 amide bonds. The molecule has 0 saturated carbocycles. The lowest BCUT2D eigenvalue weighted by molar-refractivity contribution is -0.385. The van der Waals surface area contributed by atoms with Gasteiger partial charge in [-0.3, -0.25) is 14.9 Å². The van der Waals surface area contributed by atoms with Crippen molar-refractivity contribution < 1.29 is 24.4 Å². The van der Waals surface area contributed by atoms with Crippen molar-refractivity contribution in [1.82, 2.24) is 5.32 Å². The number of carbonyl (C=O) groups is 2. The number of rotatable bonds is 4. The highest BCUT2D eigenvalue weighted by molar-refractivity contribution is 5.99. The molecule has 2 N–H and O–H groups in total. The number of carbonyl (C=O) groups excluding carboxylic acids is 1. The first-order valence-corrected chi connectivity index (χ1v) is 7.16. The highest BCUT2D eigenvalue weighted by Gasteiger charge is 2.42. The average molecular weight is 322 g/mol. The molecule has 0 aromatic heterocycles. The third kappa shape index (κ3) is 3.31. The van der Waals surface area contributed by atoms with E-state index in [9.17, 15) is 24.8 Å². The van der Waals surface area contributed by atoms with E-state index >= 15 is 0 Å². The standard InChI is InChI=1S/C15H18N2O6/c1-9-7-10(2)12(17(21)22)8-11(9)13(18)16-15(14(19)20)3-5-23-6-4-15/h7-8H,3-6H2,1-2H3,(H,16,18)(H,19,20). The zero-order valence-electron chi connectivity index (χ0n) is 12.9. The largest absolute Gasteiger partial charge is 0.480 e. The van der Waals surface area contributed by atoms with Crippen LogP contribution >= 0.6 is 0 Å². The number of carboxylic acids is 1. The van der Waals surface area contributed by atoms with Gasteiger partial charge in [-0.1, -0.05) is 0 Å². The number of benzene rings is 1. The van der Waals surface area contributed by atoms with E-state index in [0.717, 1.165) is 0 Å². The van der Waals surface area contributed by atoms with Gasteiger partial charge in [0, 0.05) is 43.2 Å². The van der Waals surface area contributed by atoms with Gasteiger partial charge in [-0.15, -0.1) is 0 Å². The van der Waals surface area contributed by atoms with Gasteiger partial charge < -0.3 is 15.2 Å². The maximum absolute atomic E-state index is 12.5. The molecule has 1 aromatic carbocycles. The Morgan fingerprint density at radius 1 is 1.26 bits per heavy atom. The van der Waals surface area contributed by atoms with Gasteiger partial charge in [-0.2, -0.15) is 0 Å². The molecule has 0 unspecified atom stereocenters. The molecule has 1 aliphatic heterocycles. The molecule has 0 bridgehead atoms. The highest BCUT2D eigenvalue weighted by Crippen LogP contribution is 2.25. The van der Waals surface area contributed by atoms with Crippen molar-refractivity contribution in [2.75, 3.05) is 13.2 Å². The first-order chi connectivity index (χ1) is 10.8. The number of hydrogen-bond acceptors (Lipinski definition) is 5. The molecule has 8 heteroatoms. The Bertz CT molecular complexity index is 664. The number of nitro benzene ring substituents is 1. The van der Waals surface area contributed by atoms with Gasteiger partial charge in [0.05, 0.1) is 4.92 Å². The van der Waals surface area contributed by atoms with Crippen molar-refractivity contribution in [3.63, 3.8) is 0 Å². The van der Waals surface area contributed by atoms with Gasteiger partial charge >= 0.3 is 5.97 Å². The van der Waals surface area contributed by atoms with E-state index in [1.165, 1.54) is 6.07 Å². The molecule has 1 heterocycles. The monoisotopic (exact) mass is 322 g/mol. The Labute approximate surface area is 132 Å². The minimum absolute atomic E-state index is 0.106. The summed E-state index contributed by atoms with van der Waals surface area (Å²) in [6.07, 6.45) is 0.308. The van der Waals surface area contributed by atoms with E-state index in [1.807, 2.05) is 0 Å². The van der Waals surface area contributed by atoms with Gasteiger partial charge in [0.1, 0.15) is 5.54 Å². The predicted molar refractivity (Wildman–Crippen MR) is 80.5 cm³/mol. The van der Waals surface area contributed by atoms with E-state index in [1.54, 1.807) is 19.9 Å². The average Bonchev–Trinajstić information content (AvgIpc) is 2.47. The molecule has 2 rings (SSSR count). The van der Waals surface area contributed by atoms with Gasteiger partial charge in [0.25, 0.3) is 11.6 Å². The van der Waals surface area contributed by atoms with Gasteiger partial charge in [-0.05, 0) is 25.5 Å². The summed E-state index contributed by atoms with van der Waals surface area (Å²) in [6.45, 7) is 3.71. The predicted octanol–water partition coefficient (Wildman–Crippen LogP) is 1.58. The summed E-state index contributed by atoms with van der Waals surface area (Å²) in [7, 11) is 0. The second-order valence-electron chi connectivity index (χ2n) is 5.66. The Balaban J connectivity index is 2.34. The van der Waals surface area contributed by atoms with Crippen LogP contribution in [0.5, 0.6) is 0 Å². The van der Waals surface area contributed by atoms with Crippen LogP contribution < -0.4 is 5.32 Å². The summed E-state index contributed by atoms with van der Waals surface area (Å²) < 4.78 is 5.15. The van der Waals surface area contributed by atoms with Crippen molar-refractivity contribution in [3.8, 4) is 0 Å². The number of ether oxygens (including phenoxy) is 1. The smallest absolute Gasteiger partial charge is 0.329 e. The minimum Gasteiger partial charge on any atom is -0.480 e. The van der Waals surface area contributed by atoms with E-state index in [-0.39, 0.29) is 37.3 Å². The quantitative estimate of drug-likeness (QED) is 0.641. The summed E-state index contributed by atoms with van der Waals surface area (Å²) in [5.41, 5.74) is -0.464. The van der Waals surface area contributed by atoms with Gasteiger partial charge in [0.2, 0.25) is 0 Å². The molecule has 1 saturated heterocycles. The fourth-order valence-electron chi connectivity index (χ4n) is 2.68. The van der Waals surface area contributed by atoms with Crippen molar-refractivity contribution in [2.45, 2.75) is 32.2 Å². The first-order valence-electron chi connectivity index (χ1n) is 7.16. The molecule has 0 atom stereocenters. The summed E-state index contributed by atoms with van der Waals surface area (Å²) >= 11 is 0. The SMILES string of the molecule is Cc1cc(C)c([N+](=O)[O-])cc1C(=O)NC1(C(=O)O)CCOCC1. The van der Waals surface area contributed by atoms with Crippen molar-refractivity contribution in [3.05, 3.63) is 38.9 Å². The molecule has 0 radical (unpaired) electrons. The van der Waals surface area contributed by atoms with E-state index in [4.69, 9.17) is 4.74 Å². The van der Waals surface area contributed by atoms with Gasteiger partial charge in [0.15, 0.2) is 0 Å². The second kappa shape index (κ2) is 6.33. The third-order valence-corrected chi connectivity index (χ3v) is 4.09. The number of amides is 1. The highest BCUT2D eigenvalue weighted by atomic mass is 16.6. The van der Waals surface area contributed by atoms with Crippen molar-refractivity contribution in [1.29, 1.82) is 0 Å². The van der Waals surface area contributed by atoms with Crippen LogP contribution in [-0.4, -0.2) is 40.7 Å². The van der Waals surface area contributed by atoms with E-state index < -0.39 is 22.3 Å². The molecular formula is C15H18N2O6. The molecule has 23 heavy (non-hydrogen) atoms. The molecule has 124 valence electrons. The summed E-state index contributed by atoms with van der Waals surface area (Å²) in [5, 5.41) is 23.0. The number of nitrogens with one attached hydrogen (secondary N) is 1. The number of hydrogen-bond donors (Lipinski definition) is 2. The Hall–Kier alpha value is -2.48. The number of aryl methyl sites for hydroxylation is 2. The number of nitro groups is 1. The zero-order valence-corrected chi connectivity index (χ0v) is 12.9. The Morgan fingerprint density at radius 3 is 2.39 bits per heavy atom. The number of carboxylic acid groups (broad SMARTS) is 1. The van der Waals surface area contributed by atoms with E-state index in [0.29, 0.717) is 11.1 Å². The zero-order chi connectivity index (χ0) is 17.2. The Morgan fingerprint density at radius 2 is 1.87 bits per heavy atom. The second-order valence-corrected chi connectivity index (χ2v) is 5.66. The topological polar surface area (TPSA) is 119 Å². The Kier molecular flexibility index (Phi) is 4.65. The van der Waals surface area contributed by atoms with Crippen LogP contribution in [0.4, 0.5) is 5.69 Å². The fraction of sp³-hybridized carbons (Fsp3) is 0.467. The fourth-order valence-corrected chi connectivity index (χ4v) is 2.68. The normalized spacial score (nSPS) is 16.6. The molecule has 0 spiro atoms. The van der Waals surface area contributed by atoms with Crippen LogP contribution in [0.15, 0.2) is 12.1 Å². The summed E-state index contributed by atoms with van der Waals surface area (Å²) in [6, 6.07) is 2.74. The number of nitrogens with zero attached hydrogens (tertiary/aromatic N) is 1. The van der Waals surface area contributed by atoms with Gasteiger partial charge in [-0.25, -0.2) is 4.79 Å². The van der Waals surface area contributed by atoms with Crippen LogP contribution in [0.3, 0.4) is 0 Å². The van der Waals surface area contributed by atoms with Crippen LogP contribution in [-0.2, 0) is 9.53 Å². The maximum Gasteiger partial charge on any atom is 0.329 e. The van der Waals surface area contributed by atoms with Crippen LogP contribution in [0.25, 0.3) is 0 Å². The molecule has 1 aliphatic rings. The first kappa shape index (κ1) is 16.9. The minimum atomic E-state index is -1.40. The van der Waals surface area contributed by atoms with Crippen molar-refractivity contribution >= 4 is 17.6 Å². The molecule has 1 fully saturated rings. The van der Waals surface area contributed by atoms with Crippen molar-refractivity contribution in [2.24, 2.45) is 0 Å². The van der Waals surface area contributed by atoms with Crippen LogP contribution in [0.2, 0.25) is 0 Å². The van der Waals surface area contributed by atoms with Crippen LogP contribution in [0, 0.1) is 24.0 Å².